The molecule has 3 heterocycles. The number of carbonyl (C=O) groups is 1. The molecule has 1 aromatic heterocycles. The van der Waals surface area contributed by atoms with Gasteiger partial charge in [0.15, 0.2) is 5.60 Å². The molecule has 134 valence electrons. The number of carbonyl (C=O) groups excluding carboxylic acids is 1. The number of aromatic nitrogens is 1. The normalized spacial score (nSPS) is 27.0. The van der Waals surface area contributed by atoms with Crippen LogP contribution < -0.4 is 5.32 Å². The molecule has 1 saturated carbocycles. The Bertz CT molecular complexity index is 807. The molecule has 1 spiro atoms. The summed E-state index contributed by atoms with van der Waals surface area (Å²) >= 11 is 0. The Balaban J connectivity index is 1.42. The van der Waals surface area contributed by atoms with Gasteiger partial charge in [0.05, 0.1) is 23.7 Å². The maximum absolute atomic E-state index is 12.5. The van der Waals surface area contributed by atoms with Crippen LogP contribution in [0.4, 0.5) is 5.69 Å². The summed E-state index contributed by atoms with van der Waals surface area (Å²) in [5, 5.41) is 6.44. The summed E-state index contributed by atoms with van der Waals surface area (Å²) in [5.74, 6) is -0.341. The second kappa shape index (κ2) is 6.06. The minimum atomic E-state index is -3.24. The second-order valence-electron chi connectivity index (χ2n) is 6.87. The molecule has 0 bridgehead atoms. The summed E-state index contributed by atoms with van der Waals surface area (Å²) in [6.45, 7) is 0.778. The van der Waals surface area contributed by atoms with Crippen LogP contribution in [0.1, 0.15) is 32.1 Å². The molecule has 1 saturated heterocycles. The Morgan fingerprint density at radius 1 is 1.40 bits per heavy atom. The van der Waals surface area contributed by atoms with Crippen molar-refractivity contribution in [3.63, 3.8) is 0 Å². The van der Waals surface area contributed by atoms with Crippen molar-refractivity contribution in [3.8, 4) is 0 Å². The van der Waals surface area contributed by atoms with E-state index in [9.17, 15) is 13.2 Å². The van der Waals surface area contributed by atoms with Gasteiger partial charge in [-0.05, 0) is 37.8 Å². The van der Waals surface area contributed by atoms with E-state index in [0.29, 0.717) is 31.5 Å². The lowest BCUT2D eigenvalue weighted by atomic mass is 9.89. The molecular weight excluding hydrogens is 344 g/mol. The van der Waals surface area contributed by atoms with Gasteiger partial charge in [-0.1, -0.05) is 5.16 Å². The van der Waals surface area contributed by atoms with Crippen LogP contribution in [0.3, 0.4) is 0 Å². The number of rotatable bonds is 4. The molecule has 0 radical (unpaired) electrons. The zero-order valence-corrected chi connectivity index (χ0v) is 14.5. The van der Waals surface area contributed by atoms with Crippen LogP contribution >= 0.6 is 0 Å². The molecule has 1 aromatic rings. The van der Waals surface area contributed by atoms with Crippen LogP contribution in [0.2, 0.25) is 0 Å². The number of nitrogens with one attached hydrogen (secondary N) is 1. The number of anilines is 1. The molecule has 1 amide bonds. The van der Waals surface area contributed by atoms with Gasteiger partial charge in [0, 0.05) is 19.2 Å². The van der Waals surface area contributed by atoms with E-state index in [0.717, 1.165) is 12.8 Å². The fraction of sp³-hybridized carbons (Fsp3) is 0.562. The fourth-order valence-electron chi connectivity index (χ4n) is 3.35. The van der Waals surface area contributed by atoms with Gasteiger partial charge in [-0.15, -0.1) is 0 Å². The van der Waals surface area contributed by atoms with Crippen molar-refractivity contribution in [2.75, 3.05) is 18.4 Å². The van der Waals surface area contributed by atoms with Crippen LogP contribution in [-0.4, -0.2) is 53.3 Å². The van der Waals surface area contributed by atoms with Crippen molar-refractivity contribution in [3.05, 3.63) is 24.5 Å². The minimum Gasteiger partial charge on any atom is -0.387 e. The number of amides is 1. The first-order valence-corrected chi connectivity index (χ1v) is 9.94. The molecule has 9 heteroatoms. The maximum Gasteiger partial charge on any atom is 0.273 e. The van der Waals surface area contributed by atoms with E-state index in [1.807, 2.05) is 0 Å². The first kappa shape index (κ1) is 16.5. The molecule has 8 nitrogen and oxygen atoms in total. The Morgan fingerprint density at radius 3 is 2.96 bits per heavy atom. The van der Waals surface area contributed by atoms with Gasteiger partial charge < -0.3 is 10.2 Å². The van der Waals surface area contributed by atoms with E-state index in [1.54, 1.807) is 24.5 Å². The van der Waals surface area contributed by atoms with E-state index in [-0.39, 0.29) is 23.4 Å². The highest BCUT2D eigenvalue weighted by Gasteiger charge is 2.49. The SMILES string of the molecule is O=C(Nc1cccnc1)C1=NOC2(CCCN(S(=O)(=O)C3CC3)C2)C1. The summed E-state index contributed by atoms with van der Waals surface area (Å²) < 4.78 is 26.5. The van der Waals surface area contributed by atoms with Crippen LogP contribution in [0.25, 0.3) is 0 Å². The highest BCUT2D eigenvalue weighted by atomic mass is 32.2. The standard InChI is InChI=1S/C16H20N4O4S/c21-15(18-12-3-1-7-17-10-12)14-9-16(24-19-14)6-2-8-20(11-16)25(22,23)13-4-5-13/h1,3,7,10,13H,2,4-6,8-9,11H2,(H,18,21). The Labute approximate surface area is 146 Å². The van der Waals surface area contributed by atoms with Crippen molar-refractivity contribution in [1.82, 2.24) is 9.29 Å². The molecule has 25 heavy (non-hydrogen) atoms. The predicted octanol–water partition coefficient (Wildman–Crippen LogP) is 1.12. The van der Waals surface area contributed by atoms with Crippen LogP contribution in [-0.2, 0) is 19.7 Å². The van der Waals surface area contributed by atoms with Crippen molar-refractivity contribution in [2.24, 2.45) is 5.16 Å². The van der Waals surface area contributed by atoms with Crippen LogP contribution in [0.15, 0.2) is 29.7 Å². The van der Waals surface area contributed by atoms with E-state index >= 15 is 0 Å². The molecular formula is C16H20N4O4S. The van der Waals surface area contributed by atoms with Crippen LogP contribution in [0, 0.1) is 0 Å². The van der Waals surface area contributed by atoms with Gasteiger partial charge in [0.1, 0.15) is 5.71 Å². The van der Waals surface area contributed by atoms with Gasteiger partial charge in [-0.25, -0.2) is 8.42 Å². The highest BCUT2D eigenvalue weighted by Crippen LogP contribution is 2.38. The second-order valence-corrected chi connectivity index (χ2v) is 9.08. The van der Waals surface area contributed by atoms with E-state index in [1.165, 1.54) is 4.31 Å². The summed E-state index contributed by atoms with van der Waals surface area (Å²) in [5.41, 5.74) is 0.147. The average Bonchev–Trinajstić information content (AvgIpc) is 3.40. The first-order valence-electron chi connectivity index (χ1n) is 8.44. The monoisotopic (exact) mass is 364 g/mol. The topological polar surface area (TPSA) is 101 Å². The largest absolute Gasteiger partial charge is 0.387 e. The van der Waals surface area contributed by atoms with Gasteiger partial charge in [0.25, 0.3) is 5.91 Å². The average molecular weight is 364 g/mol. The first-order chi connectivity index (χ1) is 12.0. The Kier molecular flexibility index (Phi) is 3.99. The number of piperidine rings is 1. The van der Waals surface area contributed by atoms with E-state index in [4.69, 9.17) is 4.84 Å². The molecule has 4 rings (SSSR count). The lowest BCUT2D eigenvalue weighted by Crippen LogP contribution is -2.51. The molecule has 1 unspecified atom stereocenters. The number of nitrogens with zero attached hydrogens (tertiary/aromatic N) is 3. The molecule has 1 atom stereocenters. The Hall–Kier alpha value is -2.00. The molecule has 2 aliphatic heterocycles. The third-order valence-electron chi connectivity index (χ3n) is 4.83. The third kappa shape index (κ3) is 3.25. The lowest BCUT2D eigenvalue weighted by molar-refractivity contribution is -0.110. The fourth-order valence-corrected chi connectivity index (χ4v) is 5.31. The van der Waals surface area contributed by atoms with Crippen molar-refractivity contribution < 1.29 is 18.0 Å². The van der Waals surface area contributed by atoms with Crippen molar-refractivity contribution in [1.29, 1.82) is 0 Å². The zero-order chi connectivity index (χ0) is 17.5. The number of sulfonamides is 1. The van der Waals surface area contributed by atoms with Gasteiger partial charge in [-0.3, -0.25) is 9.78 Å². The van der Waals surface area contributed by atoms with E-state index in [2.05, 4.69) is 15.5 Å². The minimum absolute atomic E-state index is 0.238. The molecule has 1 aliphatic carbocycles. The van der Waals surface area contributed by atoms with Gasteiger partial charge >= 0.3 is 0 Å². The zero-order valence-electron chi connectivity index (χ0n) is 13.7. The summed E-state index contributed by atoms with van der Waals surface area (Å²) in [7, 11) is -3.24. The number of oxime groups is 1. The number of hydrogen-bond acceptors (Lipinski definition) is 6. The smallest absolute Gasteiger partial charge is 0.273 e. The lowest BCUT2D eigenvalue weighted by Gasteiger charge is -2.37. The van der Waals surface area contributed by atoms with E-state index < -0.39 is 15.6 Å². The predicted molar refractivity (Wildman–Crippen MR) is 91.5 cm³/mol. The van der Waals surface area contributed by atoms with Gasteiger partial charge in [-0.2, -0.15) is 4.31 Å². The third-order valence-corrected chi connectivity index (χ3v) is 7.18. The van der Waals surface area contributed by atoms with Crippen molar-refractivity contribution >= 4 is 27.3 Å². The summed E-state index contributed by atoms with van der Waals surface area (Å²) in [6.07, 6.45) is 6.36. The highest BCUT2D eigenvalue weighted by molar-refractivity contribution is 7.90. The van der Waals surface area contributed by atoms with Crippen molar-refractivity contribution in [2.45, 2.75) is 43.0 Å². The summed E-state index contributed by atoms with van der Waals surface area (Å²) in [4.78, 5) is 21.9. The molecule has 2 fully saturated rings. The Morgan fingerprint density at radius 2 is 2.24 bits per heavy atom. The molecule has 3 aliphatic rings. The van der Waals surface area contributed by atoms with Gasteiger partial charge in [0.2, 0.25) is 10.0 Å². The maximum atomic E-state index is 12.5. The molecule has 1 N–H and O–H groups in total. The molecule has 0 aromatic carbocycles. The summed E-state index contributed by atoms with van der Waals surface area (Å²) in [6, 6.07) is 3.47. The number of hydrogen-bond donors (Lipinski definition) is 1. The van der Waals surface area contributed by atoms with Crippen LogP contribution in [0.5, 0.6) is 0 Å². The quantitative estimate of drug-likeness (QED) is 0.863. The number of pyridine rings is 1.